The van der Waals surface area contributed by atoms with Crippen molar-refractivity contribution in [3.05, 3.63) is 88.9 Å². The molecule has 51 heavy (non-hydrogen) atoms. The third-order valence-electron chi connectivity index (χ3n) is 10.6. The number of hydrogen-bond donors (Lipinski definition) is 1. The summed E-state index contributed by atoms with van der Waals surface area (Å²) in [4.78, 5) is 64.8. The highest BCUT2D eigenvalue weighted by Gasteiger charge is 2.67. The fourth-order valence-corrected chi connectivity index (χ4v) is 7.55. The Bertz CT molecular complexity index is 2120. The summed E-state index contributed by atoms with van der Waals surface area (Å²) >= 11 is 0. The maximum atomic E-state index is 15.6. The number of aryl methyl sites for hydroxylation is 2. The number of halogens is 1. The number of benzene rings is 2. The number of amides is 2. The molecule has 7 rings (SSSR count). The summed E-state index contributed by atoms with van der Waals surface area (Å²) in [6.07, 6.45) is 7.76. The molecule has 2 amide bonds. The predicted octanol–water partition coefficient (Wildman–Crippen LogP) is 4.85. The summed E-state index contributed by atoms with van der Waals surface area (Å²) in [7, 11) is 0. The average Bonchev–Trinajstić information content (AvgIpc) is 3.51. The number of ether oxygens (including phenoxy) is 1. The van der Waals surface area contributed by atoms with Crippen molar-refractivity contribution in [2.24, 2.45) is 10.8 Å². The number of rotatable bonds is 4. The number of hydrogen-bond acceptors (Lipinski definition) is 8. The van der Waals surface area contributed by atoms with Gasteiger partial charge in [0.2, 0.25) is 11.8 Å². The van der Waals surface area contributed by atoms with E-state index in [0.717, 1.165) is 11.1 Å². The minimum Gasteiger partial charge on any atom is -0.373 e. The van der Waals surface area contributed by atoms with Gasteiger partial charge < -0.3 is 15.0 Å². The number of likely N-dealkylation sites (tertiary alicyclic amines) is 1. The molecule has 1 saturated heterocycles. The first kappa shape index (κ1) is 34.4. The SMILES string of the molecule is CC(=O)c1nn(CC(=O)N2[C@H]3C[C@@]4(CNC(=O)C(C)(C)C=CCOCc5ccc(C)c(F)c5CC3=O)C[C@@H]24)c2ccc(-c3cnc(C)nc3)cc12. The van der Waals surface area contributed by atoms with Gasteiger partial charge in [0.05, 0.1) is 30.2 Å². The second kappa shape index (κ2) is 12.9. The van der Waals surface area contributed by atoms with Gasteiger partial charge in [0.15, 0.2) is 11.6 Å². The van der Waals surface area contributed by atoms with Gasteiger partial charge in [-0.1, -0.05) is 30.4 Å². The maximum absolute atomic E-state index is 15.6. The van der Waals surface area contributed by atoms with E-state index in [4.69, 9.17) is 4.74 Å². The van der Waals surface area contributed by atoms with E-state index in [1.165, 1.54) is 11.6 Å². The maximum Gasteiger partial charge on any atom is 0.245 e. The summed E-state index contributed by atoms with van der Waals surface area (Å²) in [5, 5.41) is 8.24. The molecule has 0 radical (unpaired) electrons. The van der Waals surface area contributed by atoms with Crippen molar-refractivity contribution in [1.29, 1.82) is 0 Å². The molecule has 1 aliphatic carbocycles. The lowest BCUT2D eigenvalue weighted by Crippen LogP contribution is -2.45. The highest BCUT2D eigenvalue weighted by Crippen LogP contribution is 2.59. The van der Waals surface area contributed by atoms with Crippen LogP contribution in [-0.4, -0.2) is 73.3 Å². The molecule has 264 valence electrons. The Morgan fingerprint density at radius 1 is 1.06 bits per heavy atom. The van der Waals surface area contributed by atoms with Gasteiger partial charge in [0.1, 0.15) is 23.9 Å². The number of ketones is 2. The first-order valence-corrected chi connectivity index (χ1v) is 17.2. The second-order valence-corrected chi connectivity index (χ2v) is 14.7. The van der Waals surface area contributed by atoms with Crippen molar-refractivity contribution in [2.75, 3.05) is 13.2 Å². The standard InChI is InChI=1S/C39H41FN6O5/c1-22-7-8-26-20-51-12-6-11-38(4,5)37(50)43-21-39-15-31(32(48)14-28(26)35(22)40)46(33(39)16-39)34(49)19-45-30-10-9-25(27-17-41-24(3)42-18-27)13-29(30)36(44-45)23(2)47/h6-11,13,17-18,31,33H,12,14-16,19-21H2,1-5H3,(H,43,50)/t31-,33+,39-/m0/s1. The minimum atomic E-state index is -0.829. The molecular formula is C39H41FN6O5. The molecule has 4 aromatic rings. The van der Waals surface area contributed by atoms with Crippen LogP contribution in [0.5, 0.6) is 0 Å². The number of piperidine rings is 1. The van der Waals surface area contributed by atoms with Crippen molar-refractivity contribution in [1.82, 2.24) is 30.0 Å². The monoisotopic (exact) mass is 692 g/mol. The average molecular weight is 693 g/mol. The summed E-state index contributed by atoms with van der Waals surface area (Å²) in [5.74, 6) is -0.857. The normalized spacial score (nSPS) is 23.1. The molecule has 1 spiro atoms. The molecule has 0 unspecified atom stereocenters. The Kier molecular flexibility index (Phi) is 8.69. The van der Waals surface area contributed by atoms with E-state index in [-0.39, 0.29) is 66.9 Å². The lowest BCUT2D eigenvalue weighted by Gasteiger charge is -2.27. The highest BCUT2D eigenvalue weighted by molar-refractivity contribution is 6.06. The lowest BCUT2D eigenvalue weighted by atomic mass is 9.90. The minimum absolute atomic E-state index is 0.0835. The van der Waals surface area contributed by atoms with Gasteiger partial charge >= 0.3 is 0 Å². The van der Waals surface area contributed by atoms with Crippen LogP contribution in [0.1, 0.15) is 66.6 Å². The number of fused-ring (bicyclic) bond motifs is 3. The van der Waals surface area contributed by atoms with Crippen LogP contribution in [0.15, 0.2) is 54.9 Å². The van der Waals surface area contributed by atoms with Gasteiger partial charge in [-0.25, -0.2) is 14.4 Å². The molecule has 11 nitrogen and oxygen atoms in total. The van der Waals surface area contributed by atoms with Gasteiger partial charge in [-0.3, -0.25) is 23.9 Å². The molecule has 2 aliphatic heterocycles. The van der Waals surface area contributed by atoms with Crippen molar-refractivity contribution in [3.63, 3.8) is 0 Å². The van der Waals surface area contributed by atoms with Crippen LogP contribution in [0, 0.1) is 30.5 Å². The summed E-state index contributed by atoms with van der Waals surface area (Å²) < 4.78 is 23.0. The second-order valence-electron chi connectivity index (χ2n) is 14.7. The van der Waals surface area contributed by atoms with Crippen molar-refractivity contribution < 1.29 is 28.3 Å². The van der Waals surface area contributed by atoms with Gasteiger partial charge in [-0.05, 0) is 69.4 Å². The molecule has 1 N–H and O–H groups in total. The topological polar surface area (TPSA) is 136 Å². The molecule has 2 aromatic carbocycles. The largest absolute Gasteiger partial charge is 0.373 e. The Labute approximate surface area is 295 Å². The van der Waals surface area contributed by atoms with E-state index < -0.39 is 22.7 Å². The molecular weight excluding hydrogens is 651 g/mol. The highest BCUT2D eigenvalue weighted by atomic mass is 19.1. The van der Waals surface area contributed by atoms with E-state index >= 15 is 4.39 Å². The Morgan fingerprint density at radius 3 is 2.57 bits per heavy atom. The summed E-state index contributed by atoms with van der Waals surface area (Å²) in [5.41, 5.74) is 2.34. The third kappa shape index (κ3) is 6.37. The zero-order valence-electron chi connectivity index (χ0n) is 29.5. The number of nitrogens with zero attached hydrogens (tertiary/aromatic N) is 5. The zero-order valence-corrected chi connectivity index (χ0v) is 29.5. The van der Waals surface area contributed by atoms with Crippen LogP contribution >= 0.6 is 0 Å². The summed E-state index contributed by atoms with van der Waals surface area (Å²) in [6, 6.07) is 7.84. The molecule has 2 aromatic heterocycles. The van der Waals surface area contributed by atoms with Gasteiger partial charge in [0, 0.05) is 60.3 Å². The number of Topliss-reactive ketones (excluding diaryl/α,β-unsaturated/α-hetero) is 2. The molecule has 2 fully saturated rings. The fourth-order valence-electron chi connectivity index (χ4n) is 7.55. The zero-order chi connectivity index (χ0) is 36.2. The third-order valence-corrected chi connectivity index (χ3v) is 10.6. The van der Waals surface area contributed by atoms with E-state index in [9.17, 15) is 19.2 Å². The Balaban J connectivity index is 1.23. The predicted molar refractivity (Wildman–Crippen MR) is 187 cm³/mol. The molecule has 3 aliphatic rings. The lowest BCUT2D eigenvalue weighted by molar-refractivity contribution is -0.139. The van der Waals surface area contributed by atoms with E-state index in [1.54, 1.807) is 55.4 Å². The number of carbonyl (C=O) groups excluding carboxylic acids is 4. The van der Waals surface area contributed by atoms with Crippen LogP contribution in [-0.2, 0) is 38.7 Å². The molecule has 4 heterocycles. The van der Waals surface area contributed by atoms with Crippen LogP contribution in [0.2, 0.25) is 0 Å². The van der Waals surface area contributed by atoms with E-state index in [1.807, 2.05) is 32.0 Å². The molecule has 1 saturated carbocycles. The first-order chi connectivity index (χ1) is 24.3. The number of carbonyl (C=O) groups is 4. The van der Waals surface area contributed by atoms with Crippen LogP contribution in [0.4, 0.5) is 4.39 Å². The van der Waals surface area contributed by atoms with Crippen molar-refractivity contribution in [3.8, 4) is 11.1 Å². The van der Waals surface area contributed by atoms with Gasteiger partial charge in [0.25, 0.3) is 0 Å². The smallest absolute Gasteiger partial charge is 0.245 e. The van der Waals surface area contributed by atoms with Crippen LogP contribution in [0.3, 0.4) is 0 Å². The molecule has 12 heteroatoms. The number of aromatic nitrogens is 4. The van der Waals surface area contributed by atoms with Gasteiger partial charge in [-0.15, -0.1) is 0 Å². The van der Waals surface area contributed by atoms with E-state index in [0.29, 0.717) is 47.2 Å². The van der Waals surface area contributed by atoms with Gasteiger partial charge in [-0.2, -0.15) is 5.10 Å². The first-order valence-electron chi connectivity index (χ1n) is 17.2. The quantitative estimate of drug-likeness (QED) is 0.237. The van der Waals surface area contributed by atoms with Crippen LogP contribution in [0.25, 0.3) is 22.0 Å². The molecule has 3 atom stereocenters. The number of nitrogens with one attached hydrogen (secondary N) is 1. The van der Waals surface area contributed by atoms with Crippen LogP contribution < -0.4 is 5.32 Å². The Morgan fingerprint density at radius 2 is 1.82 bits per heavy atom. The summed E-state index contributed by atoms with van der Waals surface area (Å²) in [6.45, 7) is 8.90. The van der Waals surface area contributed by atoms with Crippen molar-refractivity contribution >= 4 is 34.3 Å². The fraction of sp³-hybridized carbons (Fsp3) is 0.410. The van der Waals surface area contributed by atoms with E-state index in [2.05, 4.69) is 20.4 Å². The molecule has 2 bridgehead atoms. The Hall–Kier alpha value is -5.10. The van der Waals surface area contributed by atoms with Crippen molar-refractivity contribution in [2.45, 2.75) is 79.1 Å².